The van der Waals surface area contributed by atoms with Crippen LogP contribution in [0.2, 0.25) is 0 Å². The number of nitrogens with zero attached hydrogens (tertiary/aromatic N) is 1. The van der Waals surface area contributed by atoms with E-state index in [-0.39, 0.29) is 25.3 Å². The number of nitrogens with two attached hydrogens (primary N) is 1. The smallest absolute Gasteiger partial charge is 0.243 e. The molecule has 3 aromatic rings. The molecule has 18 nitrogen and oxygen atoms in total. The Kier molecular flexibility index (Phi) is 19.4. The highest BCUT2D eigenvalue weighted by molar-refractivity contribution is 7.98. The first-order valence-corrected chi connectivity index (χ1v) is 21.2. The van der Waals surface area contributed by atoms with E-state index in [1.165, 1.54) is 26.4 Å². The number of aromatic amines is 2. The van der Waals surface area contributed by atoms with Crippen LogP contribution in [0.1, 0.15) is 65.6 Å². The number of thioether (sulfide) groups is 1. The van der Waals surface area contributed by atoms with Crippen LogP contribution in [0.4, 0.5) is 0 Å². The van der Waals surface area contributed by atoms with Crippen molar-refractivity contribution < 1.29 is 33.6 Å². The van der Waals surface area contributed by atoms with E-state index in [9.17, 15) is 33.6 Å². The number of hydrogen-bond acceptors (Lipinski definition) is 10. The number of aromatic nitrogens is 3. The Morgan fingerprint density at radius 3 is 2.14 bits per heavy atom. The van der Waals surface area contributed by atoms with Gasteiger partial charge in [-0.2, -0.15) is 11.8 Å². The predicted molar refractivity (Wildman–Crippen MR) is 227 cm³/mol. The van der Waals surface area contributed by atoms with Crippen LogP contribution in [0.15, 0.2) is 43.0 Å². The van der Waals surface area contributed by atoms with E-state index in [4.69, 9.17) is 5.73 Å². The van der Waals surface area contributed by atoms with E-state index in [0.717, 1.165) is 22.2 Å². The number of amides is 7. The van der Waals surface area contributed by atoms with Crippen molar-refractivity contribution in [3.63, 3.8) is 0 Å². The van der Waals surface area contributed by atoms with Crippen LogP contribution in [0, 0.1) is 11.8 Å². The Morgan fingerprint density at radius 2 is 1.51 bits per heavy atom. The lowest BCUT2D eigenvalue weighted by atomic mass is 10.0. The topological polar surface area (TPSA) is 274 Å². The Balaban J connectivity index is 1.62. The molecule has 0 aliphatic carbocycles. The van der Waals surface area contributed by atoms with E-state index >= 15 is 0 Å². The molecule has 1 aromatic carbocycles. The summed E-state index contributed by atoms with van der Waals surface area (Å²) in [5, 5.41) is 20.3. The highest BCUT2D eigenvalue weighted by Crippen LogP contribution is 2.19. The largest absolute Gasteiger partial charge is 0.368 e. The normalized spacial score (nSPS) is 14.4. The number of benzene rings is 1. The Labute approximate surface area is 349 Å². The second-order valence-electron chi connectivity index (χ2n) is 15.4. The molecular weight excluding hydrogens is 779 g/mol. The zero-order valence-electron chi connectivity index (χ0n) is 34.9. The quantitative estimate of drug-likeness (QED) is 0.0552. The van der Waals surface area contributed by atoms with Crippen molar-refractivity contribution in [1.82, 2.24) is 52.2 Å². The maximum Gasteiger partial charge on any atom is 0.243 e. The second-order valence-corrected chi connectivity index (χ2v) is 16.4. The van der Waals surface area contributed by atoms with Crippen LogP contribution in [0.5, 0.6) is 0 Å². The number of imidazole rings is 1. The third-order valence-corrected chi connectivity index (χ3v) is 10.2. The summed E-state index contributed by atoms with van der Waals surface area (Å²) < 4.78 is 0. The van der Waals surface area contributed by atoms with Gasteiger partial charge in [0.2, 0.25) is 41.4 Å². The number of para-hydroxylation sites is 1. The van der Waals surface area contributed by atoms with Crippen molar-refractivity contribution in [2.75, 3.05) is 25.1 Å². The van der Waals surface area contributed by atoms with E-state index < -0.39 is 90.1 Å². The molecule has 2 unspecified atom stereocenters. The summed E-state index contributed by atoms with van der Waals surface area (Å²) in [4.78, 5) is 101. The molecule has 0 saturated carbocycles. The molecule has 0 aliphatic rings. The number of hydrogen-bond donors (Lipinski definition) is 10. The fraction of sp³-hybridized carbons (Fsp3) is 0.550. The minimum atomic E-state index is -1.09. The number of primary amides is 1. The van der Waals surface area contributed by atoms with Crippen molar-refractivity contribution in [1.29, 1.82) is 0 Å². The molecule has 0 fully saturated rings. The SMILES string of the molecule is CSCCC(NCC(CC(C)C)NC(=O)[C@H](Cc1cnc[nH]1)NC(=O)CNC(=O)[C@@H](NC(=O)[C@H](C)NC(=O)[C@H](Cc1c[nH]c2ccccc12)NC(C)=O)C(C)C)C(N)=O. The molecular formula is C40H61N11O7S. The summed E-state index contributed by atoms with van der Waals surface area (Å²) in [6.45, 7) is 9.96. The molecule has 19 heteroatoms. The van der Waals surface area contributed by atoms with Crippen LogP contribution in [0.25, 0.3) is 10.9 Å². The fourth-order valence-corrected chi connectivity index (χ4v) is 6.92. The lowest BCUT2D eigenvalue weighted by molar-refractivity contribution is -0.134. The summed E-state index contributed by atoms with van der Waals surface area (Å²) in [5.74, 6) is -3.42. The monoisotopic (exact) mass is 839 g/mol. The van der Waals surface area contributed by atoms with E-state index in [1.807, 2.05) is 44.4 Å². The standard InChI is InChI=1S/C40H61N11O7S/c1-22(2)14-28(19-44-31(36(41)54)12-13-59-7)49-39(57)33(16-27-18-42-21-46-27)50-34(53)20-45-40(58)35(23(3)4)51-37(55)24(5)47-38(56)32(48-25(6)52)15-26-17-43-30-11-9-8-10-29(26)30/h8-11,17-18,21-24,28,31-33,35,43-44H,12-16,19-20H2,1-7H3,(H2,41,54)(H,42,46)(H,45,58)(H,47,56)(H,48,52)(H,49,57)(H,50,53)(H,51,55)/t24-,28?,31?,32-,33-,35-/m0/s1. The lowest BCUT2D eigenvalue weighted by Crippen LogP contribution is -2.58. The van der Waals surface area contributed by atoms with Gasteiger partial charge in [-0.05, 0) is 55.2 Å². The molecule has 0 aliphatic heterocycles. The molecule has 11 N–H and O–H groups in total. The van der Waals surface area contributed by atoms with Gasteiger partial charge < -0.3 is 52.9 Å². The first-order chi connectivity index (χ1) is 28.0. The highest BCUT2D eigenvalue weighted by Gasteiger charge is 2.31. The molecule has 3 rings (SSSR count). The average molecular weight is 840 g/mol. The lowest BCUT2D eigenvalue weighted by Gasteiger charge is -2.27. The predicted octanol–water partition coefficient (Wildman–Crippen LogP) is 0.155. The number of fused-ring (bicyclic) bond motifs is 1. The average Bonchev–Trinajstić information content (AvgIpc) is 3.84. The summed E-state index contributed by atoms with van der Waals surface area (Å²) in [7, 11) is 0. The second kappa shape index (κ2) is 23.8. The number of nitrogens with one attached hydrogen (secondary N) is 9. The Bertz CT molecular complexity index is 1870. The van der Waals surface area contributed by atoms with Gasteiger partial charge in [-0.15, -0.1) is 0 Å². The fourth-order valence-electron chi connectivity index (χ4n) is 6.45. The van der Waals surface area contributed by atoms with Gasteiger partial charge in [0.1, 0.15) is 24.2 Å². The van der Waals surface area contributed by atoms with E-state index in [2.05, 4.69) is 52.2 Å². The van der Waals surface area contributed by atoms with Gasteiger partial charge in [0, 0.05) is 61.3 Å². The molecule has 0 saturated heterocycles. The molecule has 2 heterocycles. The molecule has 324 valence electrons. The molecule has 6 atom stereocenters. The van der Waals surface area contributed by atoms with Crippen LogP contribution in [-0.4, -0.2) is 118 Å². The maximum atomic E-state index is 13.7. The van der Waals surface area contributed by atoms with Crippen molar-refractivity contribution in [3.05, 3.63) is 54.2 Å². The summed E-state index contributed by atoms with van der Waals surface area (Å²) >= 11 is 1.59. The zero-order chi connectivity index (χ0) is 43.6. The zero-order valence-corrected chi connectivity index (χ0v) is 35.7. The first kappa shape index (κ1) is 47.9. The van der Waals surface area contributed by atoms with Gasteiger partial charge in [-0.25, -0.2) is 4.98 Å². The Hall–Kier alpha value is -5.43. The third kappa shape index (κ3) is 16.0. The van der Waals surface area contributed by atoms with Gasteiger partial charge >= 0.3 is 0 Å². The summed E-state index contributed by atoms with van der Waals surface area (Å²) in [6.07, 6.45) is 8.05. The number of carbonyl (C=O) groups is 7. The maximum absolute atomic E-state index is 13.7. The Morgan fingerprint density at radius 1 is 0.814 bits per heavy atom. The van der Waals surface area contributed by atoms with Crippen LogP contribution in [0.3, 0.4) is 0 Å². The third-order valence-electron chi connectivity index (χ3n) is 9.51. The molecule has 0 radical (unpaired) electrons. The molecule has 2 aromatic heterocycles. The summed E-state index contributed by atoms with van der Waals surface area (Å²) in [6, 6.07) is 2.38. The minimum Gasteiger partial charge on any atom is -0.368 e. The van der Waals surface area contributed by atoms with Gasteiger partial charge in [-0.1, -0.05) is 45.9 Å². The molecule has 7 amide bonds. The number of rotatable bonds is 25. The van der Waals surface area contributed by atoms with Crippen molar-refractivity contribution in [2.24, 2.45) is 17.6 Å². The first-order valence-electron chi connectivity index (χ1n) is 19.8. The molecule has 0 spiro atoms. The number of H-pyrrole nitrogens is 2. The van der Waals surface area contributed by atoms with E-state index in [0.29, 0.717) is 18.5 Å². The van der Waals surface area contributed by atoms with Gasteiger partial charge in [0.25, 0.3) is 0 Å². The summed E-state index contributed by atoms with van der Waals surface area (Å²) in [5.41, 5.74) is 7.87. The van der Waals surface area contributed by atoms with Crippen molar-refractivity contribution in [2.45, 2.75) is 103 Å². The molecule has 0 bridgehead atoms. The van der Waals surface area contributed by atoms with Crippen molar-refractivity contribution >= 4 is 64.0 Å². The minimum absolute atomic E-state index is 0.0733. The number of carbonyl (C=O) groups excluding carboxylic acids is 7. The van der Waals surface area contributed by atoms with Crippen LogP contribution >= 0.6 is 11.8 Å². The van der Waals surface area contributed by atoms with Crippen LogP contribution < -0.4 is 43.0 Å². The van der Waals surface area contributed by atoms with Crippen molar-refractivity contribution in [3.8, 4) is 0 Å². The van der Waals surface area contributed by atoms with Gasteiger partial charge in [-0.3, -0.25) is 33.6 Å². The van der Waals surface area contributed by atoms with Gasteiger partial charge in [0.05, 0.1) is 18.9 Å². The van der Waals surface area contributed by atoms with E-state index in [1.54, 1.807) is 31.8 Å². The highest BCUT2D eigenvalue weighted by atomic mass is 32.2. The molecule has 59 heavy (non-hydrogen) atoms. The van der Waals surface area contributed by atoms with Gasteiger partial charge in [0.15, 0.2) is 0 Å². The van der Waals surface area contributed by atoms with Crippen LogP contribution in [-0.2, 0) is 46.4 Å².